The maximum atomic E-state index is 14.0. The first-order chi connectivity index (χ1) is 13.0. The van der Waals surface area contributed by atoms with Crippen molar-refractivity contribution in [2.45, 2.75) is 19.1 Å². The minimum Gasteiger partial charge on any atom is -0.392 e. The number of rotatable bonds is 6. The Labute approximate surface area is 157 Å². The Hall–Kier alpha value is -2.67. The molecule has 2 aromatic carbocycles. The third-order valence-corrected chi connectivity index (χ3v) is 4.93. The van der Waals surface area contributed by atoms with Crippen molar-refractivity contribution in [2.24, 2.45) is 0 Å². The van der Waals surface area contributed by atoms with Crippen LogP contribution in [-0.2, 0) is 11.4 Å². The maximum Gasteiger partial charge on any atom is 0.241 e. The van der Waals surface area contributed by atoms with Crippen LogP contribution < -0.4 is 10.2 Å². The van der Waals surface area contributed by atoms with Crippen molar-refractivity contribution in [1.29, 1.82) is 0 Å². The number of nitrogens with zero attached hydrogens (tertiary/aromatic N) is 2. The summed E-state index contributed by atoms with van der Waals surface area (Å²) in [6.07, 6.45) is 0.698. The van der Waals surface area contributed by atoms with Crippen LogP contribution in [0.2, 0.25) is 0 Å². The van der Waals surface area contributed by atoms with Gasteiger partial charge in [0.15, 0.2) is 0 Å². The molecule has 3 rings (SSSR count). The molecule has 2 N–H and O–H groups in total. The molecular formula is C20H23F2N3O2. The average Bonchev–Trinajstić information content (AvgIpc) is 3.18. The van der Waals surface area contributed by atoms with E-state index in [1.807, 2.05) is 12.1 Å². The van der Waals surface area contributed by atoms with Crippen molar-refractivity contribution in [3.8, 4) is 0 Å². The molecule has 1 atom stereocenters. The van der Waals surface area contributed by atoms with Gasteiger partial charge in [0.25, 0.3) is 0 Å². The lowest BCUT2D eigenvalue weighted by Crippen LogP contribution is -2.38. The standard InChI is InChI=1S/C20H23F2N3O2/c1-24(19-10-15(21)4-7-18(19)22)17-8-9-25(12-17)20(27)11-23-16-5-2-14(13-26)3-6-16/h2-7,10,17,23,26H,8-9,11-13H2,1H3. The first-order valence-electron chi connectivity index (χ1n) is 8.87. The molecule has 1 heterocycles. The van der Waals surface area contributed by atoms with E-state index in [4.69, 9.17) is 5.11 Å². The molecule has 1 saturated heterocycles. The molecule has 0 aromatic heterocycles. The van der Waals surface area contributed by atoms with Crippen molar-refractivity contribution in [2.75, 3.05) is 36.9 Å². The van der Waals surface area contributed by atoms with E-state index >= 15 is 0 Å². The van der Waals surface area contributed by atoms with Gasteiger partial charge in [-0.2, -0.15) is 0 Å². The largest absolute Gasteiger partial charge is 0.392 e. The first kappa shape index (κ1) is 19.1. The molecule has 144 valence electrons. The predicted molar refractivity (Wildman–Crippen MR) is 101 cm³/mol. The zero-order valence-corrected chi connectivity index (χ0v) is 15.2. The van der Waals surface area contributed by atoms with Crippen molar-refractivity contribution >= 4 is 17.3 Å². The molecule has 2 aromatic rings. The molecule has 1 unspecified atom stereocenters. The quantitative estimate of drug-likeness (QED) is 0.815. The number of carbonyl (C=O) groups is 1. The van der Waals surface area contributed by atoms with Gasteiger partial charge in [-0.25, -0.2) is 8.78 Å². The Bertz CT molecular complexity index is 798. The lowest BCUT2D eigenvalue weighted by molar-refractivity contribution is -0.128. The molecule has 0 spiro atoms. The number of likely N-dealkylation sites (N-methyl/N-ethyl adjacent to an activating group) is 1. The van der Waals surface area contributed by atoms with Gasteiger partial charge in [-0.05, 0) is 36.2 Å². The number of halogens is 2. The van der Waals surface area contributed by atoms with Crippen LogP contribution in [0.25, 0.3) is 0 Å². The second-order valence-electron chi connectivity index (χ2n) is 6.70. The summed E-state index contributed by atoms with van der Waals surface area (Å²) in [6.45, 7) is 1.18. The number of nitrogens with one attached hydrogen (secondary N) is 1. The molecule has 0 radical (unpaired) electrons. The van der Waals surface area contributed by atoms with Gasteiger partial charge in [-0.3, -0.25) is 4.79 Å². The summed E-state index contributed by atoms with van der Waals surface area (Å²) in [4.78, 5) is 15.9. The molecule has 5 nitrogen and oxygen atoms in total. The third-order valence-electron chi connectivity index (χ3n) is 4.93. The fourth-order valence-electron chi connectivity index (χ4n) is 3.25. The van der Waals surface area contributed by atoms with Gasteiger partial charge in [-0.1, -0.05) is 12.1 Å². The van der Waals surface area contributed by atoms with E-state index in [1.54, 1.807) is 29.0 Å². The normalized spacial score (nSPS) is 16.4. The monoisotopic (exact) mass is 375 g/mol. The minimum atomic E-state index is -0.486. The van der Waals surface area contributed by atoms with E-state index in [1.165, 1.54) is 6.07 Å². The summed E-state index contributed by atoms with van der Waals surface area (Å²) < 4.78 is 27.4. The SMILES string of the molecule is CN(c1cc(F)ccc1F)C1CCN(C(=O)CNc2ccc(CO)cc2)C1. The molecule has 27 heavy (non-hydrogen) atoms. The van der Waals surface area contributed by atoms with E-state index in [9.17, 15) is 13.6 Å². The molecule has 0 aliphatic carbocycles. The number of likely N-dealkylation sites (tertiary alicyclic amines) is 1. The summed E-state index contributed by atoms with van der Waals surface area (Å²) in [5.41, 5.74) is 1.81. The average molecular weight is 375 g/mol. The van der Waals surface area contributed by atoms with Gasteiger partial charge in [0, 0.05) is 37.9 Å². The number of amides is 1. The van der Waals surface area contributed by atoms with Gasteiger partial charge in [0.05, 0.1) is 18.8 Å². The second-order valence-corrected chi connectivity index (χ2v) is 6.70. The van der Waals surface area contributed by atoms with E-state index in [-0.39, 0.29) is 30.8 Å². The van der Waals surface area contributed by atoms with Crippen LogP contribution in [0.3, 0.4) is 0 Å². The number of anilines is 2. The zero-order valence-electron chi connectivity index (χ0n) is 15.2. The first-order valence-corrected chi connectivity index (χ1v) is 8.87. The van der Waals surface area contributed by atoms with Gasteiger partial charge >= 0.3 is 0 Å². The number of aliphatic hydroxyl groups is 1. The Morgan fingerprint density at radius 1 is 1.26 bits per heavy atom. The molecule has 1 fully saturated rings. The highest BCUT2D eigenvalue weighted by molar-refractivity contribution is 5.81. The molecule has 0 saturated carbocycles. The number of aliphatic hydroxyl groups excluding tert-OH is 1. The van der Waals surface area contributed by atoms with Gasteiger partial charge in [0.1, 0.15) is 11.6 Å². The fraction of sp³-hybridized carbons (Fsp3) is 0.350. The highest BCUT2D eigenvalue weighted by atomic mass is 19.1. The van der Waals surface area contributed by atoms with Crippen molar-refractivity contribution < 1.29 is 18.7 Å². The fourth-order valence-corrected chi connectivity index (χ4v) is 3.25. The molecule has 1 aliphatic rings. The van der Waals surface area contributed by atoms with Crippen LogP contribution in [0.4, 0.5) is 20.2 Å². The maximum absolute atomic E-state index is 14.0. The number of benzene rings is 2. The highest BCUT2D eigenvalue weighted by Crippen LogP contribution is 2.25. The smallest absolute Gasteiger partial charge is 0.241 e. The summed E-state index contributed by atoms with van der Waals surface area (Å²) >= 11 is 0. The van der Waals surface area contributed by atoms with Crippen LogP contribution in [-0.4, -0.2) is 48.6 Å². The lowest BCUT2D eigenvalue weighted by atomic mass is 10.2. The number of carbonyl (C=O) groups excluding carboxylic acids is 1. The van der Waals surface area contributed by atoms with Gasteiger partial charge in [0.2, 0.25) is 5.91 Å². The van der Waals surface area contributed by atoms with Crippen LogP contribution >= 0.6 is 0 Å². The zero-order chi connectivity index (χ0) is 19.4. The third kappa shape index (κ3) is 4.54. The highest BCUT2D eigenvalue weighted by Gasteiger charge is 2.29. The van der Waals surface area contributed by atoms with E-state index in [2.05, 4.69) is 5.32 Å². The van der Waals surface area contributed by atoms with Crippen LogP contribution in [0, 0.1) is 11.6 Å². The minimum absolute atomic E-state index is 0.0200. The molecule has 7 heteroatoms. The van der Waals surface area contributed by atoms with Crippen molar-refractivity contribution in [3.05, 3.63) is 59.7 Å². The Morgan fingerprint density at radius 2 is 2.00 bits per heavy atom. The Balaban J connectivity index is 1.55. The predicted octanol–water partition coefficient (Wildman–Crippen LogP) is 2.61. The van der Waals surface area contributed by atoms with Gasteiger partial charge < -0.3 is 20.2 Å². The molecule has 1 amide bonds. The summed E-state index contributed by atoms with van der Waals surface area (Å²) in [7, 11) is 1.72. The van der Waals surface area contributed by atoms with Gasteiger partial charge in [-0.15, -0.1) is 0 Å². The van der Waals surface area contributed by atoms with Crippen LogP contribution in [0.1, 0.15) is 12.0 Å². The molecule has 1 aliphatic heterocycles. The van der Waals surface area contributed by atoms with Crippen molar-refractivity contribution in [1.82, 2.24) is 4.90 Å². The Kier molecular flexibility index (Phi) is 5.91. The van der Waals surface area contributed by atoms with E-state index < -0.39 is 11.6 Å². The van der Waals surface area contributed by atoms with E-state index in [0.29, 0.717) is 19.5 Å². The topological polar surface area (TPSA) is 55.8 Å². The van der Waals surface area contributed by atoms with Crippen molar-refractivity contribution in [3.63, 3.8) is 0 Å². The molecule has 0 bridgehead atoms. The molecular weight excluding hydrogens is 352 g/mol. The number of hydrogen-bond acceptors (Lipinski definition) is 4. The van der Waals surface area contributed by atoms with E-state index in [0.717, 1.165) is 23.4 Å². The summed E-state index contributed by atoms with van der Waals surface area (Å²) in [6, 6.07) is 10.5. The lowest BCUT2D eigenvalue weighted by Gasteiger charge is -2.27. The number of hydrogen-bond donors (Lipinski definition) is 2. The summed E-state index contributed by atoms with van der Waals surface area (Å²) in [5, 5.41) is 12.1. The second kappa shape index (κ2) is 8.35. The Morgan fingerprint density at radius 3 is 2.70 bits per heavy atom. The summed E-state index contributed by atoms with van der Waals surface area (Å²) in [5.74, 6) is -1.01. The van der Waals surface area contributed by atoms with Crippen LogP contribution in [0.15, 0.2) is 42.5 Å². The van der Waals surface area contributed by atoms with Crippen LogP contribution in [0.5, 0.6) is 0 Å².